The van der Waals surface area contributed by atoms with Gasteiger partial charge < -0.3 is 25.4 Å². The maximum Gasteiger partial charge on any atom is 0.272 e. The normalized spacial score (nSPS) is 12.0. The molecule has 0 atom stereocenters. The van der Waals surface area contributed by atoms with E-state index in [4.69, 9.17) is 9.47 Å². The lowest BCUT2D eigenvalue weighted by atomic mass is 10.1. The largest absolute Gasteiger partial charge is 0.454 e. The highest BCUT2D eigenvalue weighted by atomic mass is 32.2. The van der Waals surface area contributed by atoms with E-state index in [1.165, 1.54) is 11.8 Å². The molecule has 0 fully saturated rings. The molecule has 0 unspecified atom stereocenters. The summed E-state index contributed by atoms with van der Waals surface area (Å²) in [6, 6.07) is 28.7. The van der Waals surface area contributed by atoms with Gasteiger partial charge in [0.25, 0.3) is 11.8 Å². The lowest BCUT2D eigenvalue weighted by Crippen LogP contribution is -2.30. The Labute approximate surface area is 241 Å². The van der Waals surface area contributed by atoms with Crippen LogP contribution in [0, 0.1) is 6.92 Å². The Hall–Kier alpha value is -5.02. The Morgan fingerprint density at radius 2 is 1.56 bits per heavy atom. The molecule has 3 amide bonds. The van der Waals surface area contributed by atoms with Gasteiger partial charge in [-0.3, -0.25) is 14.4 Å². The second kappa shape index (κ2) is 12.9. The van der Waals surface area contributed by atoms with Crippen molar-refractivity contribution in [2.75, 3.05) is 23.2 Å². The fourth-order valence-electron chi connectivity index (χ4n) is 3.95. The van der Waals surface area contributed by atoms with E-state index in [0.717, 1.165) is 16.0 Å². The number of fused-ring (bicyclic) bond motifs is 1. The number of hydrogen-bond donors (Lipinski definition) is 3. The van der Waals surface area contributed by atoms with E-state index in [1.807, 2.05) is 43.3 Å². The van der Waals surface area contributed by atoms with E-state index < -0.39 is 11.8 Å². The molecule has 1 aliphatic rings. The van der Waals surface area contributed by atoms with Crippen LogP contribution in [0.4, 0.5) is 11.4 Å². The first-order chi connectivity index (χ1) is 19.9. The molecule has 3 N–H and O–H groups in total. The number of ether oxygens (including phenoxy) is 2. The number of carbonyl (C=O) groups excluding carboxylic acids is 3. The van der Waals surface area contributed by atoms with Crippen molar-refractivity contribution in [3.05, 3.63) is 119 Å². The van der Waals surface area contributed by atoms with E-state index in [2.05, 4.69) is 16.0 Å². The molecule has 0 aliphatic carbocycles. The molecule has 0 aromatic heterocycles. The molecule has 0 saturated carbocycles. The minimum atomic E-state index is -0.474. The summed E-state index contributed by atoms with van der Waals surface area (Å²) in [7, 11) is 0. The summed E-state index contributed by atoms with van der Waals surface area (Å²) >= 11 is 1.33. The average molecular weight is 566 g/mol. The minimum Gasteiger partial charge on any atom is -0.454 e. The van der Waals surface area contributed by atoms with Crippen LogP contribution in [-0.4, -0.2) is 30.3 Å². The van der Waals surface area contributed by atoms with E-state index in [-0.39, 0.29) is 24.2 Å². The third-order valence-electron chi connectivity index (χ3n) is 6.04. The smallest absolute Gasteiger partial charge is 0.272 e. The summed E-state index contributed by atoms with van der Waals surface area (Å²) in [5.41, 5.74) is 3.54. The summed E-state index contributed by atoms with van der Waals surface area (Å²) in [4.78, 5) is 39.5. The summed E-state index contributed by atoms with van der Waals surface area (Å²) in [6.45, 7) is 2.14. The first-order valence-electron chi connectivity index (χ1n) is 12.8. The van der Waals surface area contributed by atoms with Gasteiger partial charge in [0.15, 0.2) is 11.5 Å². The second-order valence-electron chi connectivity index (χ2n) is 9.18. The highest BCUT2D eigenvalue weighted by Gasteiger charge is 2.16. The molecule has 4 aromatic carbocycles. The van der Waals surface area contributed by atoms with Gasteiger partial charge in [-0.15, -0.1) is 11.8 Å². The highest BCUT2D eigenvalue weighted by Crippen LogP contribution is 2.34. The van der Waals surface area contributed by atoms with E-state index in [1.54, 1.807) is 66.7 Å². The van der Waals surface area contributed by atoms with Crippen LogP contribution in [0.15, 0.2) is 108 Å². The van der Waals surface area contributed by atoms with Crippen LogP contribution < -0.4 is 25.4 Å². The molecule has 1 aliphatic heterocycles. The van der Waals surface area contributed by atoms with Gasteiger partial charge >= 0.3 is 0 Å². The van der Waals surface area contributed by atoms with Gasteiger partial charge in [-0.25, -0.2) is 0 Å². The van der Waals surface area contributed by atoms with Crippen molar-refractivity contribution in [2.45, 2.75) is 11.8 Å². The fourth-order valence-corrected chi connectivity index (χ4v) is 4.71. The molecule has 206 valence electrons. The highest BCUT2D eigenvalue weighted by molar-refractivity contribution is 8.00. The third kappa shape index (κ3) is 7.55. The molecule has 1 heterocycles. The Morgan fingerprint density at radius 3 is 2.37 bits per heavy atom. The maximum absolute atomic E-state index is 13.3. The SMILES string of the molecule is Cc1ccc(/C=C(\NC(=O)c2ccccc2)C(=O)Nc2cccc(SCC(=O)Nc3ccc4c(c3)OCO4)c2)cc1. The van der Waals surface area contributed by atoms with Crippen molar-refractivity contribution in [3.8, 4) is 11.5 Å². The van der Waals surface area contributed by atoms with Crippen molar-refractivity contribution in [1.29, 1.82) is 0 Å². The van der Waals surface area contributed by atoms with Gasteiger partial charge in [0, 0.05) is 27.9 Å². The Morgan fingerprint density at radius 1 is 0.805 bits per heavy atom. The number of benzene rings is 4. The molecule has 0 bridgehead atoms. The van der Waals surface area contributed by atoms with Crippen molar-refractivity contribution in [1.82, 2.24) is 5.32 Å². The van der Waals surface area contributed by atoms with Gasteiger partial charge in [-0.2, -0.15) is 0 Å². The number of rotatable bonds is 9. The van der Waals surface area contributed by atoms with Crippen molar-refractivity contribution in [3.63, 3.8) is 0 Å². The second-order valence-corrected chi connectivity index (χ2v) is 10.2. The summed E-state index contributed by atoms with van der Waals surface area (Å²) in [5.74, 6) is 0.351. The number of nitrogens with one attached hydrogen (secondary N) is 3. The van der Waals surface area contributed by atoms with Crippen LogP contribution in [0.25, 0.3) is 6.08 Å². The summed E-state index contributed by atoms with van der Waals surface area (Å²) in [6.07, 6.45) is 1.63. The average Bonchev–Trinajstić information content (AvgIpc) is 3.45. The third-order valence-corrected chi connectivity index (χ3v) is 7.03. The number of carbonyl (C=O) groups is 3. The summed E-state index contributed by atoms with van der Waals surface area (Å²) in [5, 5.41) is 8.45. The molecule has 8 nitrogen and oxygen atoms in total. The molecule has 4 aromatic rings. The minimum absolute atomic E-state index is 0.101. The number of amides is 3. The van der Waals surface area contributed by atoms with Crippen molar-refractivity contribution in [2.24, 2.45) is 0 Å². The zero-order chi connectivity index (χ0) is 28.6. The van der Waals surface area contributed by atoms with Crippen molar-refractivity contribution < 1.29 is 23.9 Å². The molecule has 0 saturated heterocycles. The Kier molecular flexibility index (Phi) is 8.66. The monoisotopic (exact) mass is 565 g/mol. The van der Waals surface area contributed by atoms with Gasteiger partial charge in [0.2, 0.25) is 12.7 Å². The first kappa shape index (κ1) is 27.5. The Balaban J connectivity index is 1.24. The predicted molar refractivity (Wildman–Crippen MR) is 160 cm³/mol. The number of hydrogen-bond acceptors (Lipinski definition) is 6. The van der Waals surface area contributed by atoms with Crippen LogP contribution in [-0.2, 0) is 9.59 Å². The molecule has 0 spiro atoms. The van der Waals surface area contributed by atoms with Gasteiger partial charge in [0.1, 0.15) is 5.70 Å². The molecular formula is C32H27N3O5S. The lowest BCUT2D eigenvalue weighted by molar-refractivity contribution is -0.114. The molecule has 9 heteroatoms. The summed E-state index contributed by atoms with van der Waals surface area (Å²) < 4.78 is 10.6. The van der Waals surface area contributed by atoms with Crippen LogP contribution in [0.2, 0.25) is 0 Å². The molecule has 0 radical (unpaired) electrons. The van der Waals surface area contributed by atoms with E-state index >= 15 is 0 Å². The first-order valence-corrected chi connectivity index (χ1v) is 13.8. The van der Waals surface area contributed by atoms with Crippen LogP contribution in [0.1, 0.15) is 21.5 Å². The number of thioether (sulfide) groups is 1. The van der Waals surface area contributed by atoms with Crippen molar-refractivity contribution >= 4 is 46.9 Å². The zero-order valence-electron chi connectivity index (χ0n) is 22.2. The van der Waals surface area contributed by atoms with Crippen LogP contribution >= 0.6 is 11.8 Å². The molecule has 5 rings (SSSR count). The van der Waals surface area contributed by atoms with Gasteiger partial charge in [-0.1, -0.05) is 54.1 Å². The van der Waals surface area contributed by atoms with E-state index in [0.29, 0.717) is 28.4 Å². The topological polar surface area (TPSA) is 106 Å². The van der Waals surface area contributed by atoms with Gasteiger partial charge in [0.05, 0.1) is 5.75 Å². The number of aryl methyl sites for hydroxylation is 1. The lowest BCUT2D eigenvalue weighted by Gasteiger charge is -2.12. The fraction of sp³-hybridized carbons (Fsp3) is 0.0938. The maximum atomic E-state index is 13.3. The van der Waals surface area contributed by atoms with Gasteiger partial charge in [-0.05, 0) is 61.0 Å². The quantitative estimate of drug-likeness (QED) is 0.173. The van der Waals surface area contributed by atoms with Crippen LogP contribution in [0.3, 0.4) is 0 Å². The molecule has 41 heavy (non-hydrogen) atoms. The Bertz CT molecular complexity index is 1600. The zero-order valence-corrected chi connectivity index (χ0v) is 23.0. The predicted octanol–water partition coefficient (Wildman–Crippen LogP) is 5.86. The van der Waals surface area contributed by atoms with E-state index in [9.17, 15) is 14.4 Å². The molecular weight excluding hydrogens is 538 g/mol. The standard InChI is InChI=1S/C32H27N3O5S/c1-21-10-12-22(13-11-21)16-27(35-31(37)23-6-3-2-4-7-23)32(38)34-24-8-5-9-26(17-24)41-19-30(36)33-25-14-15-28-29(18-25)40-20-39-28/h2-18H,19-20H2,1H3,(H,33,36)(H,34,38)(H,35,37)/b27-16-. The number of anilines is 2. The van der Waals surface area contributed by atoms with Crippen LogP contribution in [0.5, 0.6) is 11.5 Å².